The first-order valence-corrected chi connectivity index (χ1v) is 8.00. The van der Waals surface area contributed by atoms with Crippen LogP contribution in [0, 0.1) is 5.92 Å². The second-order valence-corrected chi connectivity index (χ2v) is 7.09. The maximum absolute atomic E-state index is 12.3. The Labute approximate surface area is 114 Å². The van der Waals surface area contributed by atoms with Crippen molar-refractivity contribution in [2.75, 3.05) is 13.6 Å². The van der Waals surface area contributed by atoms with E-state index in [-0.39, 0.29) is 11.6 Å². The lowest BCUT2D eigenvalue weighted by Crippen LogP contribution is -2.31. The fourth-order valence-corrected chi connectivity index (χ4v) is 3.62. The summed E-state index contributed by atoms with van der Waals surface area (Å²) in [5.41, 5.74) is 0.609. The summed E-state index contributed by atoms with van der Waals surface area (Å²) >= 11 is 0. The number of aliphatic hydroxyl groups is 1. The molecule has 0 bridgehead atoms. The molecule has 1 aromatic heterocycles. The predicted molar refractivity (Wildman–Crippen MR) is 71.9 cm³/mol. The van der Waals surface area contributed by atoms with E-state index in [2.05, 4.69) is 4.98 Å². The van der Waals surface area contributed by atoms with Crippen molar-refractivity contribution in [1.82, 2.24) is 9.29 Å². The van der Waals surface area contributed by atoms with E-state index in [0.717, 1.165) is 12.8 Å². The average Bonchev–Trinajstić information content (AvgIpc) is 2.91. The highest BCUT2D eigenvalue weighted by molar-refractivity contribution is 7.89. The zero-order valence-electron chi connectivity index (χ0n) is 11.1. The second kappa shape index (κ2) is 5.98. The molecule has 0 radical (unpaired) electrons. The van der Waals surface area contributed by atoms with Crippen LogP contribution >= 0.6 is 0 Å². The predicted octanol–water partition coefficient (Wildman–Crippen LogP) is 1.38. The quantitative estimate of drug-likeness (QED) is 0.887. The summed E-state index contributed by atoms with van der Waals surface area (Å²) in [5, 5.41) is 8.98. The minimum atomic E-state index is -3.51. The molecule has 0 spiro atoms. The van der Waals surface area contributed by atoms with Crippen molar-refractivity contribution in [2.45, 2.75) is 37.3 Å². The van der Waals surface area contributed by atoms with E-state index in [1.54, 1.807) is 13.1 Å². The van der Waals surface area contributed by atoms with Crippen molar-refractivity contribution in [2.24, 2.45) is 5.92 Å². The normalized spacial score (nSPS) is 17.2. The molecule has 0 saturated heterocycles. The van der Waals surface area contributed by atoms with Gasteiger partial charge < -0.3 is 5.11 Å². The van der Waals surface area contributed by atoms with Crippen molar-refractivity contribution < 1.29 is 13.5 Å². The number of aliphatic hydroxyl groups excluding tert-OH is 1. The van der Waals surface area contributed by atoms with Crippen LogP contribution in [-0.4, -0.2) is 36.4 Å². The molecule has 1 saturated carbocycles. The van der Waals surface area contributed by atoms with Crippen LogP contribution in [0.3, 0.4) is 0 Å². The Morgan fingerprint density at radius 1 is 1.37 bits per heavy atom. The summed E-state index contributed by atoms with van der Waals surface area (Å²) in [7, 11) is -1.90. The number of pyridine rings is 1. The smallest absolute Gasteiger partial charge is 0.260 e. The Bertz CT molecular complexity index is 507. The van der Waals surface area contributed by atoms with Crippen molar-refractivity contribution in [3.63, 3.8) is 0 Å². The van der Waals surface area contributed by atoms with Gasteiger partial charge in [0, 0.05) is 19.8 Å². The molecular weight excluding hydrogens is 264 g/mol. The SMILES string of the molecule is CN(CC1CCCC1)S(=O)(=O)c1ccc(CO)cn1. The van der Waals surface area contributed by atoms with Gasteiger partial charge in [0.25, 0.3) is 10.0 Å². The van der Waals surface area contributed by atoms with E-state index in [4.69, 9.17) is 5.11 Å². The molecule has 1 fully saturated rings. The summed E-state index contributed by atoms with van der Waals surface area (Å²) in [5.74, 6) is 0.469. The largest absolute Gasteiger partial charge is 0.392 e. The van der Waals surface area contributed by atoms with Crippen molar-refractivity contribution in [3.8, 4) is 0 Å². The molecule has 2 rings (SSSR count). The molecule has 1 aliphatic rings. The number of hydrogen-bond donors (Lipinski definition) is 1. The molecule has 1 aliphatic carbocycles. The molecule has 0 atom stereocenters. The fourth-order valence-electron chi connectivity index (χ4n) is 2.47. The lowest BCUT2D eigenvalue weighted by Gasteiger charge is -2.20. The first kappa shape index (κ1) is 14.4. The van der Waals surface area contributed by atoms with Gasteiger partial charge in [-0.2, -0.15) is 4.31 Å². The van der Waals surface area contributed by atoms with Crippen LogP contribution < -0.4 is 0 Å². The maximum atomic E-state index is 12.3. The molecular formula is C13H20N2O3S. The number of rotatable bonds is 5. The maximum Gasteiger partial charge on any atom is 0.260 e. The summed E-state index contributed by atoms with van der Waals surface area (Å²) in [6, 6.07) is 3.04. The standard InChI is InChI=1S/C13H20N2O3S/c1-15(9-11-4-2-3-5-11)19(17,18)13-7-6-12(10-16)8-14-13/h6-8,11,16H,2-5,9-10H2,1H3. The molecule has 6 heteroatoms. The van der Waals surface area contributed by atoms with Crippen molar-refractivity contribution >= 4 is 10.0 Å². The average molecular weight is 284 g/mol. The molecule has 0 aliphatic heterocycles. The van der Waals surface area contributed by atoms with Gasteiger partial charge in [-0.15, -0.1) is 0 Å². The van der Waals surface area contributed by atoms with Gasteiger partial charge in [-0.3, -0.25) is 0 Å². The first-order chi connectivity index (χ1) is 9.04. The van der Waals surface area contributed by atoms with E-state index in [1.165, 1.54) is 29.4 Å². The lowest BCUT2D eigenvalue weighted by molar-refractivity contribution is 0.281. The van der Waals surface area contributed by atoms with Gasteiger partial charge in [0.1, 0.15) is 0 Å². The highest BCUT2D eigenvalue weighted by Gasteiger charge is 2.26. The van der Waals surface area contributed by atoms with Crippen LogP contribution in [0.1, 0.15) is 31.2 Å². The fraction of sp³-hybridized carbons (Fsp3) is 0.615. The highest BCUT2D eigenvalue weighted by atomic mass is 32.2. The summed E-state index contributed by atoms with van der Waals surface area (Å²) < 4.78 is 26.0. The zero-order valence-corrected chi connectivity index (χ0v) is 11.9. The minimum absolute atomic E-state index is 0.0465. The Kier molecular flexibility index (Phi) is 4.54. The van der Waals surface area contributed by atoms with Crippen LogP contribution in [-0.2, 0) is 16.6 Å². The molecule has 1 N–H and O–H groups in total. The van der Waals surface area contributed by atoms with Gasteiger partial charge in [-0.05, 0) is 30.4 Å². The lowest BCUT2D eigenvalue weighted by atomic mass is 10.1. The van der Waals surface area contributed by atoms with Crippen LogP contribution in [0.4, 0.5) is 0 Å². The van der Waals surface area contributed by atoms with E-state index in [9.17, 15) is 8.42 Å². The third-order valence-electron chi connectivity index (χ3n) is 3.64. The van der Waals surface area contributed by atoms with Gasteiger partial charge in [-0.1, -0.05) is 18.9 Å². The Balaban J connectivity index is 2.10. The molecule has 106 valence electrons. The number of sulfonamides is 1. The van der Waals surface area contributed by atoms with Crippen LogP contribution in [0.15, 0.2) is 23.4 Å². The third kappa shape index (κ3) is 3.32. The monoisotopic (exact) mass is 284 g/mol. The third-order valence-corrected chi connectivity index (χ3v) is 5.38. The summed E-state index contributed by atoms with van der Waals surface area (Å²) in [4.78, 5) is 3.93. The molecule has 19 heavy (non-hydrogen) atoms. The Morgan fingerprint density at radius 3 is 2.58 bits per heavy atom. The number of aromatic nitrogens is 1. The van der Waals surface area contributed by atoms with Crippen LogP contribution in [0.5, 0.6) is 0 Å². The highest BCUT2D eigenvalue weighted by Crippen LogP contribution is 2.26. The van der Waals surface area contributed by atoms with Crippen LogP contribution in [0.25, 0.3) is 0 Å². The second-order valence-electron chi connectivity index (χ2n) is 5.10. The number of hydrogen-bond acceptors (Lipinski definition) is 4. The molecule has 1 aromatic rings. The summed E-state index contributed by atoms with van der Waals surface area (Å²) in [6.07, 6.45) is 6.01. The first-order valence-electron chi connectivity index (χ1n) is 6.56. The van der Waals surface area contributed by atoms with Gasteiger partial charge in [0.15, 0.2) is 5.03 Å². The van der Waals surface area contributed by atoms with Gasteiger partial charge >= 0.3 is 0 Å². The Hall–Kier alpha value is -0.980. The molecule has 1 heterocycles. The van der Waals surface area contributed by atoms with Gasteiger partial charge in [0.05, 0.1) is 6.61 Å². The van der Waals surface area contributed by atoms with Gasteiger partial charge in [-0.25, -0.2) is 13.4 Å². The summed E-state index contributed by atoms with van der Waals surface area (Å²) in [6.45, 7) is 0.428. The van der Waals surface area contributed by atoms with Gasteiger partial charge in [0.2, 0.25) is 0 Å². The molecule has 0 amide bonds. The number of nitrogens with zero attached hydrogens (tertiary/aromatic N) is 2. The molecule has 5 nitrogen and oxygen atoms in total. The molecule has 0 unspecified atom stereocenters. The van der Waals surface area contributed by atoms with Crippen molar-refractivity contribution in [1.29, 1.82) is 0 Å². The molecule has 0 aromatic carbocycles. The van der Waals surface area contributed by atoms with Crippen molar-refractivity contribution in [3.05, 3.63) is 23.9 Å². The van der Waals surface area contributed by atoms with Crippen LogP contribution in [0.2, 0.25) is 0 Å². The van der Waals surface area contributed by atoms with E-state index in [1.807, 2.05) is 0 Å². The van der Waals surface area contributed by atoms with E-state index >= 15 is 0 Å². The topological polar surface area (TPSA) is 70.5 Å². The zero-order chi connectivity index (χ0) is 13.9. The minimum Gasteiger partial charge on any atom is -0.392 e. The Morgan fingerprint density at radius 2 is 2.05 bits per heavy atom. The van der Waals surface area contributed by atoms with E-state index in [0.29, 0.717) is 18.0 Å². The van der Waals surface area contributed by atoms with E-state index < -0.39 is 10.0 Å².